The smallest absolute Gasteiger partial charge is 0.363 e. The molecule has 0 bridgehead atoms. The Labute approximate surface area is 96.5 Å². The molecule has 0 radical (unpaired) electrons. The number of aliphatic hydroxyl groups is 2. The molecule has 2 unspecified atom stereocenters. The van der Waals surface area contributed by atoms with Gasteiger partial charge >= 0.3 is 7.80 Å². The first-order chi connectivity index (χ1) is 7.44. The Kier molecular flexibility index (Phi) is 7.44. The van der Waals surface area contributed by atoms with E-state index in [1.54, 1.807) is 18.8 Å². The Balaban J connectivity index is 0.000000385. The summed E-state index contributed by atoms with van der Waals surface area (Å²) in [4.78, 5) is 0. The first kappa shape index (κ1) is 15.5. The van der Waals surface area contributed by atoms with Crippen LogP contribution in [0.5, 0.6) is 0 Å². The van der Waals surface area contributed by atoms with Crippen LogP contribution < -0.4 is 5.30 Å². The van der Waals surface area contributed by atoms with E-state index in [9.17, 15) is 9.13 Å². The maximum absolute atomic E-state index is 11.5. The lowest BCUT2D eigenvalue weighted by Crippen LogP contribution is -2.05. The Morgan fingerprint density at radius 1 is 1.25 bits per heavy atom. The third-order valence-corrected chi connectivity index (χ3v) is 4.10. The van der Waals surface area contributed by atoms with Gasteiger partial charge in [0.1, 0.15) is 13.8 Å². The number of hydrogen-bond donors (Lipinski definition) is 2. The van der Waals surface area contributed by atoms with Gasteiger partial charge in [-0.25, -0.2) is 0 Å². The molecule has 0 spiro atoms. The average Bonchev–Trinajstić information content (AvgIpc) is 2.31. The summed E-state index contributed by atoms with van der Waals surface area (Å²) >= 11 is 0. The summed E-state index contributed by atoms with van der Waals surface area (Å²) < 4.78 is 21.2. The summed E-state index contributed by atoms with van der Waals surface area (Å²) in [7, 11) is -3.76. The van der Waals surface area contributed by atoms with Crippen LogP contribution in [-0.4, -0.2) is 36.2 Å². The molecule has 1 aromatic rings. The average molecular weight is 263 g/mol. The molecule has 0 saturated heterocycles. The summed E-state index contributed by atoms with van der Waals surface area (Å²) in [6.07, 6.45) is -0.438. The minimum Gasteiger partial charge on any atom is -0.388 e. The van der Waals surface area contributed by atoms with E-state index in [4.69, 9.17) is 10.2 Å². The van der Waals surface area contributed by atoms with Crippen molar-refractivity contribution >= 4 is 20.2 Å². The Morgan fingerprint density at radius 3 is 2.00 bits per heavy atom. The van der Waals surface area contributed by atoms with Crippen LogP contribution in [0, 0.1) is 0 Å². The number of aliphatic hydroxyl groups excluding tert-OH is 2. The fourth-order valence-corrected chi connectivity index (χ4v) is 1.79. The van der Waals surface area contributed by atoms with E-state index in [2.05, 4.69) is 0 Å². The molecule has 0 amide bonds. The minimum atomic E-state index is -2.47. The van der Waals surface area contributed by atoms with Crippen LogP contribution in [0.25, 0.3) is 0 Å². The standard InChI is InChI=1S/C8H11O2P.C2H6O2P/c1-11(10,7-9)8-5-3-2-4-6-8;1-5(4)2-3/h2-6,9H,7H2,1H3;3H,2H2,1H3/q;+1. The zero-order chi connectivity index (χ0) is 12.6. The van der Waals surface area contributed by atoms with E-state index in [0.717, 1.165) is 5.30 Å². The summed E-state index contributed by atoms with van der Waals surface area (Å²) in [5.41, 5.74) is 0. The van der Waals surface area contributed by atoms with E-state index in [1.807, 2.05) is 18.2 Å². The van der Waals surface area contributed by atoms with Gasteiger partial charge in [-0.15, -0.1) is 0 Å². The van der Waals surface area contributed by atoms with Crippen molar-refractivity contribution in [1.82, 2.24) is 0 Å². The zero-order valence-corrected chi connectivity index (χ0v) is 11.2. The van der Waals surface area contributed by atoms with Crippen molar-refractivity contribution in [1.29, 1.82) is 0 Å². The first-order valence-corrected chi connectivity index (χ1v) is 8.89. The molecule has 0 aliphatic carbocycles. The highest BCUT2D eigenvalue weighted by molar-refractivity contribution is 7.70. The second-order valence-corrected chi connectivity index (χ2v) is 7.89. The summed E-state index contributed by atoms with van der Waals surface area (Å²) in [5, 5.41) is 17.4. The molecule has 1 rings (SSSR count). The molecule has 0 aromatic heterocycles. The second-order valence-electron chi connectivity index (χ2n) is 3.35. The van der Waals surface area contributed by atoms with Crippen LogP contribution in [0.1, 0.15) is 0 Å². The summed E-state index contributed by atoms with van der Waals surface area (Å²) in [5.74, 6) is 0. The van der Waals surface area contributed by atoms with Gasteiger partial charge in [-0.05, 0) is 6.66 Å². The highest BCUT2D eigenvalue weighted by atomic mass is 31.2. The Bertz CT molecular complexity index is 364. The summed E-state index contributed by atoms with van der Waals surface area (Å²) in [6.45, 7) is 3.07. The predicted octanol–water partition coefficient (Wildman–Crippen LogP) is 1.65. The molecule has 90 valence electrons. The highest BCUT2D eigenvalue weighted by Gasteiger charge is 2.15. The molecule has 1 aromatic carbocycles. The quantitative estimate of drug-likeness (QED) is 0.813. The molecule has 0 aliphatic rings. The van der Waals surface area contributed by atoms with Crippen LogP contribution in [0.2, 0.25) is 0 Å². The van der Waals surface area contributed by atoms with Crippen LogP contribution in [0.15, 0.2) is 30.3 Å². The van der Waals surface area contributed by atoms with Gasteiger partial charge < -0.3 is 14.8 Å². The van der Waals surface area contributed by atoms with Gasteiger partial charge in [0.25, 0.3) is 0 Å². The molecule has 16 heavy (non-hydrogen) atoms. The minimum absolute atomic E-state index is 0.185. The van der Waals surface area contributed by atoms with Gasteiger partial charge in [-0.1, -0.05) is 34.9 Å². The van der Waals surface area contributed by atoms with Gasteiger partial charge in [0.05, 0.1) is 6.35 Å². The lowest BCUT2D eigenvalue weighted by molar-refractivity contribution is 0.361. The van der Waals surface area contributed by atoms with Gasteiger partial charge in [0.15, 0.2) is 0 Å². The van der Waals surface area contributed by atoms with Crippen LogP contribution in [0.3, 0.4) is 0 Å². The lowest BCUT2D eigenvalue weighted by Gasteiger charge is -2.08. The van der Waals surface area contributed by atoms with Crippen LogP contribution in [-0.2, 0) is 9.13 Å². The van der Waals surface area contributed by atoms with E-state index in [-0.39, 0.29) is 12.7 Å². The molecule has 2 N–H and O–H groups in total. The molecule has 6 heteroatoms. The normalized spacial score (nSPS) is 14.4. The van der Waals surface area contributed by atoms with E-state index in [1.165, 1.54) is 6.66 Å². The number of rotatable bonds is 3. The third-order valence-electron chi connectivity index (χ3n) is 1.77. The second kappa shape index (κ2) is 7.70. The molecular weight excluding hydrogens is 246 g/mol. The molecule has 0 aliphatic heterocycles. The van der Waals surface area contributed by atoms with Crippen LogP contribution >= 0.6 is 14.9 Å². The maximum atomic E-state index is 11.5. The maximum Gasteiger partial charge on any atom is 0.363 e. The molecule has 2 atom stereocenters. The van der Waals surface area contributed by atoms with Crippen molar-refractivity contribution in [2.24, 2.45) is 0 Å². The predicted molar refractivity (Wildman–Crippen MR) is 67.3 cm³/mol. The Hall–Kier alpha value is -0.530. The monoisotopic (exact) mass is 263 g/mol. The van der Waals surface area contributed by atoms with Crippen molar-refractivity contribution in [3.8, 4) is 0 Å². The fraction of sp³-hybridized carbons (Fsp3) is 0.400. The van der Waals surface area contributed by atoms with Crippen molar-refractivity contribution < 1.29 is 19.3 Å². The highest BCUT2D eigenvalue weighted by Crippen LogP contribution is 2.37. The van der Waals surface area contributed by atoms with E-state index < -0.39 is 14.9 Å². The van der Waals surface area contributed by atoms with Gasteiger partial charge in [-0.3, -0.25) is 0 Å². The Morgan fingerprint density at radius 2 is 1.69 bits per heavy atom. The molecular formula is C10H17O4P2+. The molecule has 0 fully saturated rings. The SMILES string of the molecule is CP(=O)(CO)c1ccccc1.C[P+](=O)CO. The summed E-state index contributed by atoms with van der Waals surface area (Å²) in [6, 6.07) is 9.05. The van der Waals surface area contributed by atoms with E-state index >= 15 is 0 Å². The topological polar surface area (TPSA) is 74.6 Å². The first-order valence-electron chi connectivity index (χ1n) is 4.66. The third kappa shape index (κ3) is 6.14. The van der Waals surface area contributed by atoms with Gasteiger partial charge in [0, 0.05) is 5.30 Å². The van der Waals surface area contributed by atoms with Crippen molar-refractivity contribution in [3.05, 3.63) is 30.3 Å². The van der Waals surface area contributed by atoms with Crippen molar-refractivity contribution in [2.45, 2.75) is 0 Å². The van der Waals surface area contributed by atoms with E-state index in [0.29, 0.717) is 0 Å². The lowest BCUT2D eigenvalue weighted by atomic mass is 10.4. The zero-order valence-electron chi connectivity index (χ0n) is 9.41. The van der Waals surface area contributed by atoms with Crippen molar-refractivity contribution in [2.75, 3.05) is 26.0 Å². The molecule has 0 saturated carbocycles. The van der Waals surface area contributed by atoms with Crippen molar-refractivity contribution in [3.63, 3.8) is 0 Å². The molecule has 4 nitrogen and oxygen atoms in total. The van der Waals surface area contributed by atoms with Gasteiger partial charge in [0.2, 0.25) is 6.35 Å². The molecule has 0 heterocycles. The van der Waals surface area contributed by atoms with Crippen LogP contribution in [0.4, 0.5) is 0 Å². The fourth-order valence-electron chi connectivity index (χ4n) is 0.825. The van der Waals surface area contributed by atoms with Gasteiger partial charge in [-0.2, -0.15) is 0 Å². The largest absolute Gasteiger partial charge is 0.388 e. The number of benzene rings is 1. The number of hydrogen-bond acceptors (Lipinski definition) is 4.